The SMILES string of the molecule is Cc1cc(Br)ccc1NC(=O)CN1CCC(C(C)N)CC1. The van der Waals surface area contributed by atoms with Crippen molar-refractivity contribution in [2.75, 3.05) is 25.0 Å². The van der Waals surface area contributed by atoms with Crippen LogP contribution in [-0.4, -0.2) is 36.5 Å². The van der Waals surface area contributed by atoms with Crippen LogP contribution < -0.4 is 11.1 Å². The number of amides is 1. The van der Waals surface area contributed by atoms with Gasteiger partial charge in [-0.05, 0) is 69.5 Å². The maximum absolute atomic E-state index is 12.1. The molecule has 1 aliphatic heterocycles. The summed E-state index contributed by atoms with van der Waals surface area (Å²) in [6.45, 7) is 6.44. The van der Waals surface area contributed by atoms with Gasteiger partial charge in [0.05, 0.1) is 6.54 Å². The summed E-state index contributed by atoms with van der Waals surface area (Å²) in [5, 5.41) is 2.99. The summed E-state index contributed by atoms with van der Waals surface area (Å²) in [7, 11) is 0. The number of carbonyl (C=O) groups excluding carboxylic acids is 1. The van der Waals surface area contributed by atoms with Crippen molar-refractivity contribution < 1.29 is 4.79 Å². The quantitative estimate of drug-likeness (QED) is 0.874. The van der Waals surface area contributed by atoms with E-state index >= 15 is 0 Å². The smallest absolute Gasteiger partial charge is 0.238 e. The highest BCUT2D eigenvalue weighted by molar-refractivity contribution is 9.10. The number of aryl methyl sites for hydroxylation is 1. The number of hydrogen-bond donors (Lipinski definition) is 2. The first-order valence-electron chi connectivity index (χ1n) is 7.49. The third-order valence-corrected chi connectivity index (χ3v) is 4.70. The van der Waals surface area contributed by atoms with Gasteiger partial charge in [0.1, 0.15) is 0 Å². The van der Waals surface area contributed by atoms with Crippen LogP contribution >= 0.6 is 15.9 Å². The molecule has 0 saturated carbocycles. The zero-order valence-electron chi connectivity index (χ0n) is 12.7. The summed E-state index contributed by atoms with van der Waals surface area (Å²) >= 11 is 3.43. The van der Waals surface area contributed by atoms with Crippen molar-refractivity contribution in [3.05, 3.63) is 28.2 Å². The first-order valence-corrected chi connectivity index (χ1v) is 8.29. The van der Waals surface area contributed by atoms with E-state index < -0.39 is 0 Å². The third kappa shape index (κ3) is 4.80. The summed E-state index contributed by atoms with van der Waals surface area (Å²) in [6, 6.07) is 6.13. The van der Waals surface area contributed by atoms with E-state index in [1.807, 2.05) is 25.1 Å². The Hall–Kier alpha value is -0.910. The van der Waals surface area contributed by atoms with Crippen molar-refractivity contribution in [2.24, 2.45) is 11.7 Å². The van der Waals surface area contributed by atoms with Gasteiger partial charge in [-0.15, -0.1) is 0 Å². The van der Waals surface area contributed by atoms with E-state index in [1.54, 1.807) is 0 Å². The van der Waals surface area contributed by atoms with Crippen LogP contribution in [0, 0.1) is 12.8 Å². The van der Waals surface area contributed by atoms with Crippen LogP contribution in [0.1, 0.15) is 25.3 Å². The lowest BCUT2D eigenvalue weighted by Gasteiger charge is -2.33. The topological polar surface area (TPSA) is 58.4 Å². The van der Waals surface area contributed by atoms with Crippen LogP contribution in [0.15, 0.2) is 22.7 Å². The number of rotatable bonds is 4. The van der Waals surface area contributed by atoms with Crippen molar-refractivity contribution in [3.8, 4) is 0 Å². The summed E-state index contributed by atoms with van der Waals surface area (Å²) < 4.78 is 1.02. The Labute approximate surface area is 135 Å². The molecule has 1 heterocycles. The zero-order valence-corrected chi connectivity index (χ0v) is 14.3. The molecule has 116 valence electrons. The van der Waals surface area contributed by atoms with Crippen LogP contribution in [0.3, 0.4) is 0 Å². The lowest BCUT2D eigenvalue weighted by molar-refractivity contribution is -0.117. The number of benzene rings is 1. The molecule has 1 fully saturated rings. The van der Waals surface area contributed by atoms with Gasteiger partial charge in [0.2, 0.25) is 5.91 Å². The van der Waals surface area contributed by atoms with Crippen molar-refractivity contribution in [3.63, 3.8) is 0 Å². The zero-order chi connectivity index (χ0) is 15.4. The highest BCUT2D eigenvalue weighted by atomic mass is 79.9. The summed E-state index contributed by atoms with van der Waals surface area (Å²) in [6.07, 6.45) is 2.17. The molecule has 0 radical (unpaired) electrons. The molecule has 0 aromatic heterocycles. The monoisotopic (exact) mass is 353 g/mol. The highest BCUT2D eigenvalue weighted by Crippen LogP contribution is 2.21. The fraction of sp³-hybridized carbons (Fsp3) is 0.562. The molecule has 0 aliphatic carbocycles. The number of likely N-dealkylation sites (tertiary alicyclic amines) is 1. The molecular weight excluding hydrogens is 330 g/mol. The molecule has 1 aromatic rings. The number of nitrogens with two attached hydrogens (primary N) is 1. The van der Waals surface area contributed by atoms with Gasteiger partial charge in [0, 0.05) is 16.2 Å². The molecule has 1 aliphatic rings. The lowest BCUT2D eigenvalue weighted by Crippen LogP contribution is -2.42. The van der Waals surface area contributed by atoms with Gasteiger partial charge >= 0.3 is 0 Å². The van der Waals surface area contributed by atoms with Gasteiger partial charge in [-0.3, -0.25) is 9.69 Å². The summed E-state index contributed by atoms with van der Waals surface area (Å²) in [4.78, 5) is 14.4. The lowest BCUT2D eigenvalue weighted by atomic mass is 9.91. The van der Waals surface area contributed by atoms with Crippen LogP contribution in [0.25, 0.3) is 0 Å². The van der Waals surface area contributed by atoms with E-state index in [0.29, 0.717) is 12.5 Å². The Morgan fingerprint density at radius 1 is 1.48 bits per heavy atom. The predicted molar refractivity (Wildman–Crippen MR) is 90.3 cm³/mol. The van der Waals surface area contributed by atoms with Gasteiger partial charge in [-0.2, -0.15) is 0 Å². The number of hydrogen-bond acceptors (Lipinski definition) is 3. The van der Waals surface area contributed by atoms with Gasteiger partial charge in [-0.1, -0.05) is 15.9 Å². The fourth-order valence-corrected chi connectivity index (χ4v) is 3.27. The van der Waals surface area contributed by atoms with Gasteiger partial charge in [0.15, 0.2) is 0 Å². The second-order valence-electron chi connectivity index (χ2n) is 5.98. The third-order valence-electron chi connectivity index (χ3n) is 4.21. The first kappa shape index (κ1) is 16.5. The number of carbonyl (C=O) groups is 1. The number of nitrogens with one attached hydrogen (secondary N) is 1. The van der Waals surface area contributed by atoms with Crippen LogP contribution in [0.5, 0.6) is 0 Å². The Kier molecular flexibility index (Phi) is 5.79. The predicted octanol–water partition coefficient (Wildman–Crippen LogP) is 2.76. The van der Waals surface area contributed by atoms with E-state index in [1.165, 1.54) is 0 Å². The fourth-order valence-electron chi connectivity index (χ4n) is 2.80. The largest absolute Gasteiger partial charge is 0.328 e. The maximum Gasteiger partial charge on any atom is 0.238 e. The Morgan fingerprint density at radius 3 is 2.71 bits per heavy atom. The second kappa shape index (κ2) is 7.38. The van der Waals surface area contributed by atoms with Crippen LogP contribution in [0.2, 0.25) is 0 Å². The molecule has 3 N–H and O–H groups in total. The van der Waals surface area contributed by atoms with Crippen molar-refractivity contribution in [2.45, 2.75) is 32.7 Å². The van der Waals surface area contributed by atoms with Crippen molar-refractivity contribution in [1.29, 1.82) is 0 Å². The average Bonchev–Trinajstić information content (AvgIpc) is 2.42. The molecule has 21 heavy (non-hydrogen) atoms. The van der Waals surface area contributed by atoms with E-state index in [0.717, 1.165) is 41.7 Å². The molecule has 0 spiro atoms. The minimum atomic E-state index is 0.0552. The Bertz CT molecular complexity index is 496. The molecule has 4 nitrogen and oxygen atoms in total. The minimum absolute atomic E-state index is 0.0552. The van der Waals surface area contributed by atoms with E-state index in [2.05, 4.69) is 33.1 Å². The standard InChI is InChI=1S/C16H24BrN3O/c1-11-9-14(17)3-4-15(11)19-16(21)10-20-7-5-13(6-8-20)12(2)18/h3-4,9,12-13H,5-8,10,18H2,1-2H3,(H,19,21). The van der Waals surface area contributed by atoms with Gasteiger partial charge in [0.25, 0.3) is 0 Å². The van der Waals surface area contributed by atoms with Crippen molar-refractivity contribution in [1.82, 2.24) is 4.90 Å². The first-order chi connectivity index (χ1) is 9.95. The molecule has 2 rings (SSSR count). The van der Waals surface area contributed by atoms with Crippen LogP contribution in [-0.2, 0) is 4.79 Å². The molecule has 1 atom stereocenters. The number of nitrogens with zero attached hydrogens (tertiary/aromatic N) is 1. The number of piperidine rings is 1. The highest BCUT2D eigenvalue weighted by Gasteiger charge is 2.23. The normalized spacial score (nSPS) is 18.5. The molecule has 1 unspecified atom stereocenters. The van der Waals surface area contributed by atoms with Crippen molar-refractivity contribution >= 4 is 27.5 Å². The molecule has 1 amide bonds. The molecule has 1 aromatic carbocycles. The maximum atomic E-state index is 12.1. The molecule has 1 saturated heterocycles. The second-order valence-corrected chi connectivity index (χ2v) is 6.90. The van der Waals surface area contributed by atoms with Gasteiger partial charge in [-0.25, -0.2) is 0 Å². The van der Waals surface area contributed by atoms with E-state index in [4.69, 9.17) is 5.73 Å². The molecular formula is C16H24BrN3O. The van der Waals surface area contributed by atoms with E-state index in [-0.39, 0.29) is 11.9 Å². The molecule has 5 heteroatoms. The summed E-state index contributed by atoms with van der Waals surface area (Å²) in [5.41, 5.74) is 7.89. The Balaban J connectivity index is 1.83. The number of halogens is 1. The number of anilines is 1. The minimum Gasteiger partial charge on any atom is -0.328 e. The average molecular weight is 354 g/mol. The Morgan fingerprint density at radius 2 is 2.14 bits per heavy atom. The van der Waals surface area contributed by atoms with Crippen LogP contribution in [0.4, 0.5) is 5.69 Å². The van der Waals surface area contributed by atoms with Gasteiger partial charge < -0.3 is 11.1 Å². The van der Waals surface area contributed by atoms with E-state index in [9.17, 15) is 4.79 Å². The molecule has 0 bridgehead atoms. The summed E-state index contributed by atoms with van der Waals surface area (Å²) in [5.74, 6) is 0.651.